The molecule has 128 valence electrons. The molecule has 1 N–H and O–H groups in total. The van der Waals surface area contributed by atoms with Crippen molar-refractivity contribution in [3.63, 3.8) is 0 Å². The van der Waals surface area contributed by atoms with Crippen molar-refractivity contribution < 1.29 is 19.0 Å². The third-order valence-corrected chi connectivity index (χ3v) is 4.17. The van der Waals surface area contributed by atoms with Crippen LogP contribution in [0.3, 0.4) is 0 Å². The molecule has 1 aromatic rings. The van der Waals surface area contributed by atoms with Crippen molar-refractivity contribution in [3.8, 4) is 0 Å². The Bertz CT molecular complexity index is 573. The Hall–Kier alpha value is -1.33. The van der Waals surface area contributed by atoms with Crippen molar-refractivity contribution in [2.45, 2.75) is 45.3 Å². The molecule has 1 amide bonds. The minimum absolute atomic E-state index is 0.0523. The number of hydrogen-bond acceptors (Lipinski definition) is 3. The fraction of sp³-hybridized carbons (Fsp3) is 0.588. The second kappa shape index (κ2) is 7.05. The number of aliphatic hydroxyl groups is 1. The molecule has 1 aromatic carbocycles. The second-order valence-corrected chi connectivity index (χ2v) is 7.37. The monoisotopic (exact) mass is 343 g/mol. The van der Waals surface area contributed by atoms with Crippen molar-refractivity contribution >= 4 is 17.7 Å². The third kappa shape index (κ3) is 4.82. The molecule has 0 bridgehead atoms. The van der Waals surface area contributed by atoms with Crippen LogP contribution in [-0.4, -0.2) is 40.9 Å². The van der Waals surface area contributed by atoms with Gasteiger partial charge in [0, 0.05) is 25.4 Å². The van der Waals surface area contributed by atoms with E-state index in [2.05, 4.69) is 0 Å². The zero-order chi connectivity index (χ0) is 17.2. The maximum Gasteiger partial charge on any atom is 0.410 e. The summed E-state index contributed by atoms with van der Waals surface area (Å²) in [6.45, 7) is 6.40. The molecule has 0 aromatic heterocycles. The van der Waals surface area contributed by atoms with Crippen LogP contribution in [0.25, 0.3) is 0 Å². The number of rotatable bonds is 3. The third-order valence-electron chi connectivity index (χ3n) is 3.88. The van der Waals surface area contributed by atoms with E-state index >= 15 is 0 Å². The van der Waals surface area contributed by atoms with Gasteiger partial charge in [0.1, 0.15) is 11.4 Å². The molecule has 0 radical (unpaired) electrons. The summed E-state index contributed by atoms with van der Waals surface area (Å²) in [4.78, 5) is 13.6. The van der Waals surface area contributed by atoms with Gasteiger partial charge in [-0.15, -0.1) is 0 Å². The van der Waals surface area contributed by atoms with Crippen LogP contribution in [0.15, 0.2) is 18.2 Å². The number of benzene rings is 1. The first-order valence-electron chi connectivity index (χ1n) is 7.76. The Morgan fingerprint density at radius 2 is 2.22 bits per heavy atom. The van der Waals surface area contributed by atoms with Gasteiger partial charge in [0.25, 0.3) is 0 Å². The van der Waals surface area contributed by atoms with E-state index in [1.165, 1.54) is 6.07 Å². The number of carbonyl (C=O) groups excluding carboxylic acids is 1. The zero-order valence-electron chi connectivity index (χ0n) is 13.7. The van der Waals surface area contributed by atoms with E-state index in [1.807, 2.05) is 20.8 Å². The molecule has 1 aliphatic rings. The molecule has 1 fully saturated rings. The molecule has 2 rings (SSSR count). The average molecular weight is 344 g/mol. The number of nitrogens with zero attached hydrogens (tertiary/aromatic N) is 1. The first kappa shape index (κ1) is 18.0. The normalized spacial score (nSPS) is 19.7. The van der Waals surface area contributed by atoms with Gasteiger partial charge in [-0.1, -0.05) is 23.7 Å². The van der Waals surface area contributed by atoms with Gasteiger partial charge in [-0.3, -0.25) is 0 Å². The van der Waals surface area contributed by atoms with E-state index in [0.717, 1.165) is 0 Å². The quantitative estimate of drug-likeness (QED) is 0.911. The van der Waals surface area contributed by atoms with Crippen molar-refractivity contribution in [2.75, 3.05) is 13.1 Å². The number of carbonyl (C=O) groups is 1. The first-order chi connectivity index (χ1) is 10.7. The molecule has 0 spiro atoms. The van der Waals surface area contributed by atoms with Gasteiger partial charge in [-0.05, 0) is 38.8 Å². The highest BCUT2D eigenvalue weighted by Crippen LogP contribution is 2.26. The Kier molecular flexibility index (Phi) is 5.53. The van der Waals surface area contributed by atoms with Crippen LogP contribution in [0.2, 0.25) is 5.02 Å². The summed E-state index contributed by atoms with van der Waals surface area (Å²) >= 11 is 5.76. The molecular formula is C17H23ClFNO3. The van der Waals surface area contributed by atoms with E-state index in [-0.39, 0.29) is 23.5 Å². The molecule has 1 heterocycles. The highest BCUT2D eigenvalue weighted by molar-refractivity contribution is 6.30. The Balaban J connectivity index is 1.93. The van der Waals surface area contributed by atoms with E-state index in [0.29, 0.717) is 25.1 Å². The highest BCUT2D eigenvalue weighted by Gasteiger charge is 2.33. The number of aliphatic hydroxyl groups excluding tert-OH is 1. The van der Waals surface area contributed by atoms with Crippen LogP contribution in [0, 0.1) is 11.7 Å². The summed E-state index contributed by atoms with van der Waals surface area (Å²) in [5, 5.41) is 10.4. The Morgan fingerprint density at radius 1 is 1.52 bits per heavy atom. The van der Waals surface area contributed by atoms with Crippen LogP contribution in [0.4, 0.5) is 9.18 Å². The fourth-order valence-corrected chi connectivity index (χ4v) is 2.89. The molecule has 4 nitrogen and oxygen atoms in total. The van der Waals surface area contributed by atoms with Gasteiger partial charge in [-0.25, -0.2) is 9.18 Å². The van der Waals surface area contributed by atoms with Crippen molar-refractivity contribution in [2.24, 2.45) is 5.92 Å². The summed E-state index contributed by atoms with van der Waals surface area (Å²) in [5.74, 6) is -0.587. The molecule has 0 aliphatic carbocycles. The number of halogens is 2. The number of hydrogen-bond donors (Lipinski definition) is 1. The Labute approximate surface area is 141 Å². The van der Waals surface area contributed by atoms with E-state index in [4.69, 9.17) is 16.3 Å². The van der Waals surface area contributed by atoms with Crippen molar-refractivity contribution in [3.05, 3.63) is 34.6 Å². The summed E-state index contributed by atoms with van der Waals surface area (Å²) in [6, 6.07) is 4.76. The van der Waals surface area contributed by atoms with Crippen molar-refractivity contribution in [1.29, 1.82) is 0 Å². The maximum absolute atomic E-state index is 13.9. The molecule has 23 heavy (non-hydrogen) atoms. The van der Waals surface area contributed by atoms with Gasteiger partial charge in [0.15, 0.2) is 0 Å². The standard InChI is InChI=1S/C17H23ClFNO3/c1-17(2,3)23-16(22)20-8-7-12(10-20)14(21)9-11-5-4-6-13(18)15(11)19/h4-6,12,14,21H,7-10H2,1-3H3. The predicted octanol–water partition coefficient (Wildman–Crippen LogP) is 3.64. The second-order valence-electron chi connectivity index (χ2n) is 6.96. The van der Waals surface area contributed by atoms with Crippen LogP contribution in [0.5, 0.6) is 0 Å². The molecule has 0 saturated carbocycles. The Morgan fingerprint density at radius 3 is 2.87 bits per heavy atom. The SMILES string of the molecule is CC(C)(C)OC(=O)N1CCC(C(O)Cc2cccc(Cl)c2F)C1. The van der Waals surface area contributed by atoms with Gasteiger partial charge in [0.05, 0.1) is 11.1 Å². The average Bonchev–Trinajstić information content (AvgIpc) is 2.92. The summed E-state index contributed by atoms with van der Waals surface area (Å²) in [7, 11) is 0. The lowest BCUT2D eigenvalue weighted by Crippen LogP contribution is -2.36. The minimum Gasteiger partial charge on any atom is -0.444 e. The molecule has 2 unspecified atom stereocenters. The van der Waals surface area contributed by atoms with Crippen LogP contribution in [0.1, 0.15) is 32.8 Å². The molecule has 2 atom stereocenters. The van der Waals surface area contributed by atoms with E-state index in [9.17, 15) is 14.3 Å². The summed E-state index contributed by atoms with van der Waals surface area (Å²) < 4.78 is 19.2. The van der Waals surface area contributed by atoms with E-state index in [1.54, 1.807) is 17.0 Å². The summed E-state index contributed by atoms with van der Waals surface area (Å²) in [5.41, 5.74) is -0.154. The largest absolute Gasteiger partial charge is 0.444 e. The topological polar surface area (TPSA) is 49.8 Å². The lowest BCUT2D eigenvalue weighted by molar-refractivity contribution is 0.0269. The van der Waals surface area contributed by atoms with Crippen LogP contribution < -0.4 is 0 Å². The smallest absolute Gasteiger partial charge is 0.410 e. The lowest BCUT2D eigenvalue weighted by Gasteiger charge is -2.25. The molecule has 1 saturated heterocycles. The number of amides is 1. The predicted molar refractivity (Wildman–Crippen MR) is 87.0 cm³/mol. The van der Waals surface area contributed by atoms with Crippen LogP contribution >= 0.6 is 11.6 Å². The minimum atomic E-state index is -0.726. The van der Waals surface area contributed by atoms with Gasteiger partial charge < -0.3 is 14.7 Å². The number of likely N-dealkylation sites (tertiary alicyclic amines) is 1. The van der Waals surface area contributed by atoms with Gasteiger partial charge >= 0.3 is 6.09 Å². The first-order valence-corrected chi connectivity index (χ1v) is 8.14. The maximum atomic E-state index is 13.9. The molecular weight excluding hydrogens is 321 g/mol. The van der Waals surface area contributed by atoms with E-state index < -0.39 is 17.5 Å². The van der Waals surface area contributed by atoms with Crippen LogP contribution in [-0.2, 0) is 11.2 Å². The van der Waals surface area contributed by atoms with Crippen molar-refractivity contribution in [1.82, 2.24) is 4.90 Å². The number of ether oxygens (including phenoxy) is 1. The fourth-order valence-electron chi connectivity index (χ4n) is 2.69. The summed E-state index contributed by atoms with van der Waals surface area (Å²) in [6.07, 6.45) is -0.251. The zero-order valence-corrected chi connectivity index (χ0v) is 14.4. The van der Waals surface area contributed by atoms with Gasteiger partial charge in [0.2, 0.25) is 0 Å². The molecule has 6 heteroatoms. The highest BCUT2D eigenvalue weighted by atomic mass is 35.5. The molecule has 1 aliphatic heterocycles. The lowest BCUT2D eigenvalue weighted by atomic mass is 9.95. The van der Waals surface area contributed by atoms with Gasteiger partial charge in [-0.2, -0.15) is 0 Å².